The maximum absolute atomic E-state index is 11.6. The van der Waals surface area contributed by atoms with Crippen molar-refractivity contribution in [2.24, 2.45) is 0 Å². The molecule has 0 fully saturated rings. The largest absolute Gasteiger partial charge is 0.460 e. The summed E-state index contributed by atoms with van der Waals surface area (Å²) >= 11 is 0. The van der Waals surface area contributed by atoms with Crippen LogP contribution in [0.5, 0.6) is 0 Å². The Labute approximate surface area is 141 Å². The molecule has 3 heteroatoms. The Morgan fingerprint density at radius 3 is 1.87 bits per heavy atom. The zero-order chi connectivity index (χ0) is 16.8. The van der Waals surface area contributed by atoms with Crippen LogP contribution in [0.25, 0.3) is 0 Å². The van der Waals surface area contributed by atoms with E-state index in [4.69, 9.17) is 9.15 Å². The summed E-state index contributed by atoms with van der Waals surface area (Å²) in [6, 6.07) is 3.44. The molecule has 0 spiro atoms. The second-order valence-corrected chi connectivity index (χ2v) is 6.44. The van der Waals surface area contributed by atoms with Gasteiger partial charge in [-0.2, -0.15) is 0 Å². The lowest BCUT2D eigenvalue weighted by Gasteiger charge is -2.04. The fraction of sp³-hybridized carbons (Fsp3) is 0.750. The normalized spacial score (nSPS) is 10.9. The summed E-state index contributed by atoms with van der Waals surface area (Å²) in [6.07, 6.45) is 15.7. The zero-order valence-corrected chi connectivity index (χ0v) is 15.1. The number of furan rings is 1. The number of rotatable bonds is 14. The van der Waals surface area contributed by atoms with Gasteiger partial charge in [-0.1, -0.05) is 77.6 Å². The van der Waals surface area contributed by atoms with E-state index in [2.05, 4.69) is 6.92 Å². The van der Waals surface area contributed by atoms with Crippen LogP contribution in [-0.2, 0) is 4.74 Å². The standard InChI is InChI=1S/C20H34O3/c1-3-4-5-6-7-8-9-10-11-12-13-14-17-22-20(21)19-16-15-18(2)23-19/h15-16H,3-14,17H2,1-2H3. The highest BCUT2D eigenvalue weighted by Gasteiger charge is 2.10. The van der Waals surface area contributed by atoms with E-state index in [0.717, 1.165) is 18.6 Å². The SMILES string of the molecule is CCCCCCCCCCCCCCOC(=O)c1ccc(C)o1. The van der Waals surface area contributed by atoms with Gasteiger partial charge >= 0.3 is 5.97 Å². The quantitative estimate of drug-likeness (QED) is 0.292. The molecule has 1 aromatic heterocycles. The number of carbonyl (C=O) groups excluding carboxylic acids is 1. The molecule has 3 nitrogen and oxygen atoms in total. The number of hydrogen-bond donors (Lipinski definition) is 0. The molecule has 1 heterocycles. The summed E-state index contributed by atoms with van der Waals surface area (Å²) < 4.78 is 10.4. The highest BCUT2D eigenvalue weighted by molar-refractivity contribution is 5.86. The maximum atomic E-state index is 11.6. The van der Waals surface area contributed by atoms with E-state index in [0.29, 0.717) is 12.4 Å². The van der Waals surface area contributed by atoms with Crippen molar-refractivity contribution in [1.82, 2.24) is 0 Å². The molecule has 0 N–H and O–H groups in total. The van der Waals surface area contributed by atoms with Gasteiger partial charge in [0.25, 0.3) is 0 Å². The predicted molar refractivity (Wildman–Crippen MR) is 94.8 cm³/mol. The number of unbranched alkanes of at least 4 members (excludes halogenated alkanes) is 11. The summed E-state index contributed by atoms with van der Waals surface area (Å²) in [4.78, 5) is 11.6. The first-order valence-electron chi connectivity index (χ1n) is 9.47. The fourth-order valence-corrected chi connectivity index (χ4v) is 2.72. The van der Waals surface area contributed by atoms with E-state index >= 15 is 0 Å². The van der Waals surface area contributed by atoms with Crippen molar-refractivity contribution in [3.8, 4) is 0 Å². The number of hydrogen-bond acceptors (Lipinski definition) is 3. The molecule has 0 aromatic carbocycles. The molecule has 0 radical (unpaired) electrons. The molecule has 0 saturated carbocycles. The molecular formula is C20H34O3. The molecule has 0 aliphatic heterocycles. The highest BCUT2D eigenvalue weighted by Crippen LogP contribution is 2.12. The molecule has 1 rings (SSSR count). The van der Waals surface area contributed by atoms with Gasteiger partial charge in [-0.3, -0.25) is 0 Å². The summed E-state index contributed by atoms with van der Waals surface area (Å²) in [6.45, 7) is 4.58. The van der Waals surface area contributed by atoms with Crippen molar-refractivity contribution in [2.75, 3.05) is 6.61 Å². The Bertz CT molecular complexity index is 409. The third kappa shape index (κ3) is 10.2. The Morgan fingerprint density at radius 1 is 0.870 bits per heavy atom. The molecule has 0 atom stereocenters. The smallest absolute Gasteiger partial charge is 0.374 e. The van der Waals surface area contributed by atoms with Gasteiger partial charge in [0.2, 0.25) is 5.76 Å². The molecule has 23 heavy (non-hydrogen) atoms. The molecule has 0 aliphatic rings. The number of esters is 1. The van der Waals surface area contributed by atoms with Gasteiger partial charge in [-0.15, -0.1) is 0 Å². The molecule has 0 aliphatic carbocycles. The Hall–Kier alpha value is -1.25. The van der Waals surface area contributed by atoms with Crippen molar-refractivity contribution in [1.29, 1.82) is 0 Å². The number of carbonyl (C=O) groups is 1. The van der Waals surface area contributed by atoms with Gasteiger partial charge in [-0.05, 0) is 25.5 Å². The molecule has 0 unspecified atom stereocenters. The third-order valence-corrected chi connectivity index (χ3v) is 4.17. The van der Waals surface area contributed by atoms with Crippen LogP contribution in [0.2, 0.25) is 0 Å². The predicted octanol–water partition coefficient (Wildman–Crippen LogP) is 6.45. The van der Waals surface area contributed by atoms with E-state index in [1.54, 1.807) is 12.1 Å². The highest BCUT2D eigenvalue weighted by atomic mass is 16.5. The molecule has 1 aromatic rings. The minimum Gasteiger partial charge on any atom is -0.460 e. The average Bonchev–Trinajstić information content (AvgIpc) is 2.98. The van der Waals surface area contributed by atoms with Gasteiger partial charge in [0.15, 0.2) is 0 Å². The van der Waals surface area contributed by atoms with Crippen LogP contribution in [0.1, 0.15) is 100 Å². The Kier molecular flexibility index (Phi) is 11.4. The van der Waals surface area contributed by atoms with Crippen LogP contribution < -0.4 is 0 Å². The zero-order valence-electron chi connectivity index (χ0n) is 15.1. The van der Waals surface area contributed by atoms with E-state index in [9.17, 15) is 4.79 Å². The minimum absolute atomic E-state index is 0.307. The summed E-state index contributed by atoms with van der Waals surface area (Å²) in [5.74, 6) is 0.699. The first kappa shape index (κ1) is 19.8. The van der Waals surface area contributed by atoms with Crippen molar-refractivity contribution in [3.05, 3.63) is 23.7 Å². The second-order valence-electron chi connectivity index (χ2n) is 6.44. The van der Waals surface area contributed by atoms with Gasteiger partial charge in [0.05, 0.1) is 6.61 Å². The monoisotopic (exact) mass is 322 g/mol. The van der Waals surface area contributed by atoms with Crippen LogP contribution in [-0.4, -0.2) is 12.6 Å². The van der Waals surface area contributed by atoms with Crippen LogP contribution in [0, 0.1) is 6.92 Å². The van der Waals surface area contributed by atoms with Crippen LogP contribution >= 0.6 is 0 Å². The number of aryl methyl sites for hydroxylation is 1. The van der Waals surface area contributed by atoms with Gasteiger partial charge in [0.1, 0.15) is 5.76 Å². The Balaban J connectivity index is 1.82. The fourth-order valence-electron chi connectivity index (χ4n) is 2.72. The second kappa shape index (κ2) is 13.2. The first-order chi connectivity index (χ1) is 11.2. The third-order valence-electron chi connectivity index (χ3n) is 4.17. The minimum atomic E-state index is -0.346. The summed E-state index contributed by atoms with van der Waals surface area (Å²) in [5, 5.41) is 0. The van der Waals surface area contributed by atoms with E-state index in [1.165, 1.54) is 64.2 Å². The maximum Gasteiger partial charge on any atom is 0.374 e. The van der Waals surface area contributed by atoms with Crippen molar-refractivity contribution in [2.45, 2.75) is 90.9 Å². The topological polar surface area (TPSA) is 39.4 Å². The lowest BCUT2D eigenvalue weighted by atomic mass is 10.1. The molecule has 132 valence electrons. The summed E-state index contributed by atoms with van der Waals surface area (Å²) in [5.41, 5.74) is 0. The lowest BCUT2D eigenvalue weighted by Crippen LogP contribution is -2.05. The lowest BCUT2D eigenvalue weighted by molar-refractivity contribution is 0.0460. The molecular weight excluding hydrogens is 288 g/mol. The van der Waals surface area contributed by atoms with Crippen molar-refractivity contribution >= 4 is 5.97 Å². The van der Waals surface area contributed by atoms with Crippen LogP contribution in [0.15, 0.2) is 16.5 Å². The first-order valence-corrected chi connectivity index (χ1v) is 9.47. The van der Waals surface area contributed by atoms with E-state index < -0.39 is 0 Å². The molecule has 0 saturated heterocycles. The summed E-state index contributed by atoms with van der Waals surface area (Å²) in [7, 11) is 0. The average molecular weight is 322 g/mol. The van der Waals surface area contributed by atoms with Crippen molar-refractivity contribution < 1.29 is 13.9 Å². The van der Waals surface area contributed by atoms with Crippen LogP contribution in [0.4, 0.5) is 0 Å². The van der Waals surface area contributed by atoms with Gasteiger partial charge < -0.3 is 9.15 Å². The van der Waals surface area contributed by atoms with Gasteiger partial charge in [0, 0.05) is 0 Å². The van der Waals surface area contributed by atoms with Gasteiger partial charge in [-0.25, -0.2) is 4.79 Å². The molecule has 0 amide bonds. The number of ether oxygens (including phenoxy) is 1. The Morgan fingerprint density at radius 2 is 1.39 bits per heavy atom. The van der Waals surface area contributed by atoms with Crippen molar-refractivity contribution in [3.63, 3.8) is 0 Å². The van der Waals surface area contributed by atoms with E-state index in [1.807, 2.05) is 6.92 Å². The van der Waals surface area contributed by atoms with E-state index in [-0.39, 0.29) is 5.97 Å². The molecule has 0 bridgehead atoms. The van der Waals surface area contributed by atoms with Crippen LogP contribution in [0.3, 0.4) is 0 Å².